The van der Waals surface area contributed by atoms with Gasteiger partial charge in [0, 0.05) is 30.5 Å². The van der Waals surface area contributed by atoms with Crippen molar-refractivity contribution in [3.8, 4) is 5.75 Å². The molecule has 2 aromatic carbocycles. The Kier molecular flexibility index (Phi) is 6.48. The van der Waals surface area contributed by atoms with Crippen LogP contribution in [0.15, 0.2) is 54.6 Å². The molecule has 0 saturated carbocycles. The minimum absolute atomic E-state index is 0.716. The lowest BCUT2D eigenvalue weighted by Gasteiger charge is -2.22. The standard InChI is InChI=1S/C23H28N4O/c1-5-27(20-11-8-9-17(2)15-20)23-25-18(3)16-22(26-23)24-14-13-19-10-6-7-12-21(19)28-4/h6-12,15-16H,5,13-14H2,1-4H3,(H,24,25,26). The number of para-hydroxylation sites is 1. The third kappa shape index (κ3) is 4.80. The van der Waals surface area contributed by atoms with E-state index in [1.165, 1.54) is 11.1 Å². The van der Waals surface area contributed by atoms with Gasteiger partial charge < -0.3 is 15.0 Å². The first-order valence-electron chi connectivity index (χ1n) is 9.66. The average molecular weight is 377 g/mol. The second-order valence-electron chi connectivity index (χ2n) is 6.77. The molecule has 3 rings (SSSR count). The van der Waals surface area contributed by atoms with Gasteiger partial charge in [0.1, 0.15) is 11.6 Å². The van der Waals surface area contributed by atoms with E-state index in [4.69, 9.17) is 9.72 Å². The molecule has 5 heteroatoms. The van der Waals surface area contributed by atoms with Gasteiger partial charge in [0.25, 0.3) is 0 Å². The quantitative estimate of drug-likeness (QED) is 0.605. The van der Waals surface area contributed by atoms with Crippen LogP contribution < -0.4 is 15.0 Å². The summed E-state index contributed by atoms with van der Waals surface area (Å²) in [5.74, 6) is 2.47. The van der Waals surface area contributed by atoms with E-state index in [-0.39, 0.29) is 0 Å². The fourth-order valence-electron chi connectivity index (χ4n) is 3.23. The molecule has 5 nitrogen and oxygen atoms in total. The van der Waals surface area contributed by atoms with Gasteiger partial charge in [-0.05, 0) is 56.5 Å². The summed E-state index contributed by atoms with van der Waals surface area (Å²) in [4.78, 5) is 11.5. The number of hydrogen-bond acceptors (Lipinski definition) is 5. The molecule has 0 saturated heterocycles. The van der Waals surface area contributed by atoms with Gasteiger partial charge in [-0.15, -0.1) is 0 Å². The topological polar surface area (TPSA) is 50.3 Å². The van der Waals surface area contributed by atoms with Crippen LogP contribution in [0.1, 0.15) is 23.7 Å². The first-order valence-corrected chi connectivity index (χ1v) is 9.66. The van der Waals surface area contributed by atoms with E-state index in [0.29, 0.717) is 5.95 Å². The monoisotopic (exact) mass is 376 g/mol. The summed E-state index contributed by atoms with van der Waals surface area (Å²) < 4.78 is 5.43. The molecule has 3 aromatic rings. The highest BCUT2D eigenvalue weighted by molar-refractivity contribution is 5.59. The predicted molar refractivity (Wildman–Crippen MR) is 116 cm³/mol. The van der Waals surface area contributed by atoms with Crippen LogP contribution in [-0.2, 0) is 6.42 Å². The molecule has 0 aliphatic carbocycles. The maximum Gasteiger partial charge on any atom is 0.232 e. The largest absolute Gasteiger partial charge is 0.496 e. The summed E-state index contributed by atoms with van der Waals surface area (Å²) in [6.45, 7) is 7.78. The van der Waals surface area contributed by atoms with Crippen molar-refractivity contribution in [2.45, 2.75) is 27.2 Å². The number of aryl methyl sites for hydroxylation is 2. The molecular formula is C23H28N4O. The molecule has 0 fully saturated rings. The normalized spacial score (nSPS) is 10.6. The lowest BCUT2D eigenvalue weighted by atomic mass is 10.1. The van der Waals surface area contributed by atoms with Crippen molar-refractivity contribution in [3.05, 3.63) is 71.4 Å². The highest BCUT2D eigenvalue weighted by Crippen LogP contribution is 2.24. The first kappa shape index (κ1) is 19.7. The Hall–Kier alpha value is -3.08. The van der Waals surface area contributed by atoms with Gasteiger partial charge in [0.05, 0.1) is 7.11 Å². The number of benzene rings is 2. The van der Waals surface area contributed by atoms with E-state index in [9.17, 15) is 0 Å². The molecule has 0 aliphatic rings. The van der Waals surface area contributed by atoms with Gasteiger partial charge in [-0.3, -0.25) is 0 Å². The van der Waals surface area contributed by atoms with Gasteiger partial charge in [-0.1, -0.05) is 30.3 Å². The van der Waals surface area contributed by atoms with Gasteiger partial charge >= 0.3 is 0 Å². The molecule has 28 heavy (non-hydrogen) atoms. The minimum atomic E-state index is 0.716. The van der Waals surface area contributed by atoms with Crippen molar-refractivity contribution in [1.82, 2.24) is 9.97 Å². The number of anilines is 3. The second-order valence-corrected chi connectivity index (χ2v) is 6.77. The zero-order chi connectivity index (χ0) is 19.9. The minimum Gasteiger partial charge on any atom is -0.496 e. The molecule has 0 bridgehead atoms. The number of nitrogens with zero attached hydrogens (tertiary/aromatic N) is 3. The fraction of sp³-hybridized carbons (Fsp3) is 0.304. The van der Waals surface area contributed by atoms with Crippen LogP contribution in [0.5, 0.6) is 5.75 Å². The number of aromatic nitrogens is 2. The summed E-state index contributed by atoms with van der Waals surface area (Å²) in [7, 11) is 1.71. The first-order chi connectivity index (χ1) is 13.6. The molecule has 0 spiro atoms. The average Bonchev–Trinajstić information content (AvgIpc) is 2.69. The maximum atomic E-state index is 5.43. The van der Waals surface area contributed by atoms with E-state index in [1.54, 1.807) is 7.11 Å². The molecule has 1 N–H and O–H groups in total. The maximum absolute atomic E-state index is 5.43. The number of ether oxygens (including phenoxy) is 1. The predicted octanol–water partition coefficient (Wildman–Crippen LogP) is 4.91. The Morgan fingerprint density at radius 3 is 2.57 bits per heavy atom. The number of hydrogen-bond donors (Lipinski definition) is 1. The Morgan fingerprint density at radius 1 is 1.00 bits per heavy atom. The molecule has 146 valence electrons. The molecule has 0 atom stereocenters. The summed E-state index contributed by atoms with van der Waals surface area (Å²) in [6, 6.07) is 18.5. The Bertz CT molecular complexity index is 926. The van der Waals surface area contributed by atoms with Crippen LogP contribution in [0.2, 0.25) is 0 Å². The third-order valence-corrected chi connectivity index (χ3v) is 4.61. The van der Waals surface area contributed by atoms with E-state index < -0.39 is 0 Å². The number of nitrogens with one attached hydrogen (secondary N) is 1. The Balaban J connectivity index is 1.75. The van der Waals surface area contributed by atoms with Gasteiger partial charge in [-0.25, -0.2) is 4.98 Å². The van der Waals surface area contributed by atoms with Crippen LogP contribution in [0.3, 0.4) is 0 Å². The SMILES string of the molecule is CCN(c1cccc(C)c1)c1nc(C)cc(NCCc2ccccc2OC)n1. The molecule has 0 aliphatic heterocycles. The Labute approximate surface area is 167 Å². The summed E-state index contributed by atoms with van der Waals surface area (Å²) in [6.07, 6.45) is 0.859. The van der Waals surface area contributed by atoms with Crippen LogP contribution in [0.4, 0.5) is 17.5 Å². The van der Waals surface area contributed by atoms with Gasteiger partial charge in [-0.2, -0.15) is 4.98 Å². The van der Waals surface area contributed by atoms with E-state index in [2.05, 4.69) is 59.4 Å². The zero-order valence-corrected chi connectivity index (χ0v) is 17.1. The van der Waals surface area contributed by atoms with Crippen molar-refractivity contribution in [3.63, 3.8) is 0 Å². The Morgan fingerprint density at radius 2 is 1.82 bits per heavy atom. The highest BCUT2D eigenvalue weighted by Gasteiger charge is 2.12. The van der Waals surface area contributed by atoms with Crippen LogP contribution in [0, 0.1) is 13.8 Å². The smallest absolute Gasteiger partial charge is 0.232 e. The van der Waals surface area contributed by atoms with E-state index in [0.717, 1.165) is 42.5 Å². The van der Waals surface area contributed by atoms with Gasteiger partial charge in [0.15, 0.2) is 0 Å². The van der Waals surface area contributed by atoms with Crippen molar-refractivity contribution < 1.29 is 4.74 Å². The van der Waals surface area contributed by atoms with E-state index >= 15 is 0 Å². The van der Waals surface area contributed by atoms with Gasteiger partial charge in [0.2, 0.25) is 5.95 Å². The van der Waals surface area contributed by atoms with E-state index in [1.807, 2.05) is 31.2 Å². The van der Waals surface area contributed by atoms with Crippen molar-refractivity contribution in [1.29, 1.82) is 0 Å². The van der Waals surface area contributed by atoms with Crippen molar-refractivity contribution in [2.75, 3.05) is 30.4 Å². The second kappa shape index (κ2) is 9.22. The van der Waals surface area contributed by atoms with Crippen molar-refractivity contribution in [2.24, 2.45) is 0 Å². The number of methoxy groups -OCH3 is 1. The van der Waals surface area contributed by atoms with Crippen molar-refractivity contribution >= 4 is 17.5 Å². The van der Waals surface area contributed by atoms with Crippen LogP contribution in [-0.4, -0.2) is 30.2 Å². The fourth-order valence-corrected chi connectivity index (χ4v) is 3.23. The summed E-state index contributed by atoms with van der Waals surface area (Å²) in [5.41, 5.74) is 4.45. The molecular weight excluding hydrogens is 348 g/mol. The molecule has 0 amide bonds. The number of rotatable bonds is 8. The van der Waals surface area contributed by atoms with Crippen LogP contribution in [0.25, 0.3) is 0 Å². The summed E-state index contributed by atoms with van der Waals surface area (Å²) >= 11 is 0. The lowest BCUT2D eigenvalue weighted by molar-refractivity contribution is 0.410. The third-order valence-electron chi connectivity index (χ3n) is 4.61. The molecule has 0 unspecified atom stereocenters. The zero-order valence-electron chi connectivity index (χ0n) is 17.1. The molecule has 1 aromatic heterocycles. The lowest BCUT2D eigenvalue weighted by Crippen LogP contribution is -2.20. The van der Waals surface area contributed by atoms with Crippen LogP contribution >= 0.6 is 0 Å². The summed E-state index contributed by atoms with van der Waals surface area (Å²) in [5, 5.41) is 3.43. The highest BCUT2D eigenvalue weighted by atomic mass is 16.5. The molecule has 0 radical (unpaired) electrons. The molecule has 1 heterocycles.